The van der Waals surface area contributed by atoms with Crippen molar-refractivity contribution in [3.8, 4) is 5.75 Å². The lowest BCUT2D eigenvalue weighted by atomic mass is 10.0. The van der Waals surface area contributed by atoms with E-state index in [0.29, 0.717) is 26.2 Å². The molecule has 18 heteroatoms. The molecule has 0 aliphatic carbocycles. The van der Waals surface area contributed by atoms with Crippen LogP contribution in [-0.4, -0.2) is 68.5 Å². The number of anilines is 2. The molecular weight excluding hydrogens is 595 g/mol. The van der Waals surface area contributed by atoms with Gasteiger partial charge in [-0.1, -0.05) is 11.6 Å². The molecule has 1 atom stereocenters. The summed E-state index contributed by atoms with van der Waals surface area (Å²) in [6, 6.07) is 3.33. The van der Waals surface area contributed by atoms with Gasteiger partial charge in [-0.25, -0.2) is 23.1 Å². The third-order valence-electron chi connectivity index (χ3n) is 6.82. The Morgan fingerprint density at radius 3 is 2.54 bits per heavy atom. The Kier molecular flexibility index (Phi) is 7.81. The Morgan fingerprint density at radius 1 is 1.32 bits per heavy atom. The molecule has 41 heavy (non-hydrogen) atoms. The minimum absolute atomic E-state index is 0.0151. The molecule has 0 radical (unpaired) electrons. The summed E-state index contributed by atoms with van der Waals surface area (Å²) in [5.74, 6) is 0.381. The maximum atomic E-state index is 13.9. The molecule has 0 fully saturated rings. The summed E-state index contributed by atoms with van der Waals surface area (Å²) >= 11 is 6.16. The van der Waals surface area contributed by atoms with Crippen molar-refractivity contribution < 1.29 is 36.2 Å². The Bertz CT molecular complexity index is 1630. The van der Waals surface area contributed by atoms with E-state index in [1.54, 1.807) is 6.92 Å². The number of halogens is 4. The van der Waals surface area contributed by atoms with Gasteiger partial charge in [0.15, 0.2) is 5.15 Å². The van der Waals surface area contributed by atoms with E-state index in [4.69, 9.17) is 16.3 Å². The van der Waals surface area contributed by atoms with Gasteiger partial charge in [0.2, 0.25) is 0 Å². The van der Waals surface area contributed by atoms with Crippen LogP contribution in [0.15, 0.2) is 34.1 Å². The van der Waals surface area contributed by atoms with Crippen molar-refractivity contribution in [1.29, 1.82) is 0 Å². The number of nitrogens with one attached hydrogen (secondary N) is 1. The van der Waals surface area contributed by atoms with Crippen molar-refractivity contribution in [2.75, 3.05) is 15.7 Å². The van der Waals surface area contributed by atoms with Crippen LogP contribution in [0.25, 0.3) is 0 Å². The normalized spacial score (nSPS) is 15.9. The number of aromatic amines is 1. The van der Waals surface area contributed by atoms with Crippen molar-refractivity contribution in [2.45, 2.75) is 62.9 Å². The summed E-state index contributed by atoms with van der Waals surface area (Å²) in [6.45, 7) is 3.12. The lowest BCUT2D eigenvalue weighted by Crippen LogP contribution is -2.57. The number of aromatic nitrogens is 5. The van der Waals surface area contributed by atoms with Crippen molar-refractivity contribution >= 4 is 39.1 Å². The largest absolute Gasteiger partial charge is 0.486 e. The fourth-order valence-electron chi connectivity index (χ4n) is 4.34. The van der Waals surface area contributed by atoms with Crippen LogP contribution in [0.2, 0.25) is 5.15 Å². The first-order valence-corrected chi connectivity index (χ1v) is 14.1. The van der Waals surface area contributed by atoms with Gasteiger partial charge in [0.05, 0.1) is 17.9 Å². The molecule has 1 aliphatic rings. The fourth-order valence-corrected chi connectivity index (χ4v) is 6.29. The van der Waals surface area contributed by atoms with Crippen molar-refractivity contribution in [3.05, 3.63) is 45.9 Å². The third kappa shape index (κ3) is 5.47. The first-order valence-electron chi connectivity index (χ1n) is 12.3. The molecule has 3 heterocycles. The third-order valence-corrected chi connectivity index (χ3v) is 8.99. The Morgan fingerprint density at radius 2 is 2.00 bits per heavy atom. The topological polar surface area (TPSA) is 156 Å². The quantitative estimate of drug-likeness (QED) is 0.388. The lowest BCUT2D eigenvalue weighted by molar-refractivity contribution is -0.175. The zero-order chi connectivity index (χ0) is 30.5. The van der Waals surface area contributed by atoms with Gasteiger partial charge >= 0.3 is 18.0 Å². The van der Waals surface area contributed by atoms with Gasteiger partial charge in [0.25, 0.3) is 10.0 Å². The fraction of sp³-hybridized carbons (Fsp3) is 0.478. The minimum atomic E-state index is -4.96. The zero-order valence-corrected chi connectivity index (χ0v) is 23.9. The molecule has 0 saturated heterocycles. The van der Waals surface area contributed by atoms with Crippen molar-refractivity contribution in [1.82, 2.24) is 24.5 Å². The predicted octanol–water partition coefficient (Wildman–Crippen LogP) is 3.39. The molecular formula is C23H27ClF3N7O6S. The summed E-state index contributed by atoms with van der Waals surface area (Å²) in [6.07, 6.45) is -5.98. The second kappa shape index (κ2) is 10.6. The molecule has 224 valence electrons. The van der Waals surface area contributed by atoms with Gasteiger partial charge < -0.3 is 9.84 Å². The molecule has 0 spiro atoms. The Balaban J connectivity index is 1.81. The van der Waals surface area contributed by atoms with E-state index in [0.717, 1.165) is 16.4 Å². The molecule has 1 aromatic carbocycles. The molecule has 13 nitrogen and oxygen atoms in total. The van der Waals surface area contributed by atoms with Gasteiger partial charge in [-0.3, -0.25) is 18.5 Å². The van der Waals surface area contributed by atoms with E-state index in [1.807, 2.05) is 0 Å². The minimum Gasteiger partial charge on any atom is -0.486 e. The predicted molar refractivity (Wildman–Crippen MR) is 141 cm³/mol. The number of rotatable bonds is 8. The number of carboxylic acid groups (broad SMARTS) is 1. The van der Waals surface area contributed by atoms with Gasteiger partial charge in [0, 0.05) is 26.2 Å². The molecule has 4 rings (SSSR count). The van der Waals surface area contributed by atoms with Crippen LogP contribution < -0.4 is 19.6 Å². The van der Waals surface area contributed by atoms with Crippen LogP contribution in [0.4, 0.5) is 29.3 Å². The molecule has 2 N–H and O–H groups in total. The average molecular weight is 622 g/mol. The van der Waals surface area contributed by atoms with Gasteiger partial charge in [-0.15, -0.1) is 0 Å². The SMILES string of the molecule is CCn1cc(S(=O)(=O)N2C[C@H](CCc3n[nH]c(=O)n3C)Oc3ccc(N(C(=O)O)C(C)(C)C(F)(F)F)cc32)c(Cl)n1. The average Bonchev–Trinajstić information content (AvgIpc) is 3.42. The molecule has 0 unspecified atom stereocenters. The monoisotopic (exact) mass is 621 g/mol. The number of benzene rings is 1. The summed E-state index contributed by atoms with van der Waals surface area (Å²) in [5.41, 5.74) is -3.91. The molecule has 1 aliphatic heterocycles. The number of ether oxygens (including phenoxy) is 1. The highest BCUT2D eigenvalue weighted by molar-refractivity contribution is 7.93. The van der Waals surface area contributed by atoms with Gasteiger partial charge in [0.1, 0.15) is 28.1 Å². The maximum Gasteiger partial charge on any atom is 0.412 e. The number of alkyl halides is 3. The number of aryl methyl sites for hydroxylation is 2. The maximum absolute atomic E-state index is 13.9. The van der Waals surface area contributed by atoms with Gasteiger partial charge in [-0.05, 0) is 45.4 Å². The zero-order valence-electron chi connectivity index (χ0n) is 22.3. The van der Waals surface area contributed by atoms with E-state index in [-0.39, 0.29) is 45.8 Å². The number of hydrogen-bond donors (Lipinski definition) is 2. The standard InChI is InChI=1S/C23H27ClF3N7O6S/c1-5-32-12-17(19(24)30-32)41(38,39)33-11-14(7-9-18-28-29-20(35)31(18)4)40-16-8-6-13(10-15(16)33)34(21(36)37)22(2,3)23(25,26)27/h6,8,10,12,14H,5,7,9,11H2,1-4H3,(H,29,35)(H,36,37)/t14-/m0/s1. The Hall–Kier alpha value is -3.73. The number of sulfonamides is 1. The number of H-pyrrole nitrogens is 1. The summed E-state index contributed by atoms with van der Waals surface area (Å²) in [5, 5.41) is 19.6. The molecule has 3 aromatic rings. The second-order valence-corrected chi connectivity index (χ2v) is 12.0. The van der Waals surface area contributed by atoms with Crippen LogP contribution in [-0.2, 0) is 30.0 Å². The van der Waals surface area contributed by atoms with E-state index >= 15 is 0 Å². The highest BCUT2D eigenvalue weighted by Crippen LogP contribution is 2.44. The smallest absolute Gasteiger partial charge is 0.412 e. The van der Waals surface area contributed by atoms with E-state index in [1.165, 1.54) is 28.6 Å². The van der Waals surface area contributed by atoms with Crippen LogP contribution >= 0.6 is 11.6 Å². The number of carbonyl (C=O) groups is 1. The number of amides is 1. The van der Waals surface area contributed by atoms with Crippen molar-refractivity contribution in [3.63, 3.8) is 0 Å². The van der Waals surface area contributed by atoms with E-state index in [9.17, 15) is 36.3 Å². The molecule has 0 bridgehead atoms. The first kappa shape index (κ1) is 30.2. The van der Waals surface area contributed by atoms with Gasteiger partial charge in [-0.2, -0.15) is 23.4 Å². The van der Waals surface area contributed by atoms with Crippen LogP contribution in [0.5, 0.6) is 5.75 Å². The second-order valence-electron chi connectivity index (χ2n) is 9.79. The van der Waals surface area contributed by atoms with Crippen molar-refractivity contribution in [2.24, 2.45) is 7.05 Å². The Labute approximate surface area is 237 Å². The van der Waals surface area contributed by atoms with E-state index in [2.05, 4.69) is 15.3 Å². The van der Waals surface area contributed by atoms with Crippen LogP contribution in [0.1, 0.15) is 33.0 Å². The first-order chi connectivity index (χ1) is 19.0. The highest BCUT2D eigenvalue weighted by atomic mass is 35.5. The summed E-state index contributed by atoms with van der Waals surface area (Å²) < 4.78 is 78.9. The highest BCUT2D eigenvalue weighted by Gasteiger charge is 2.54. The van der Waals surface area contributed by atoms with E-state index < -0.39 is 45.3 Å². The lowest BCUT2D eigenvalue weighted by Gasteiger charge is -2.39. The number of fused-ring (bicyclic) bond motifs is 1. The van der Waals surface area contributed by atoms with Crippen LogP contribution in [0, 0.1) is 0 Å². The molecule has 1 amide bonds. The molecule has 0 saturated carbocycles. The summed E-state index contributed by atoms with van der Waals surface area (Å²) in [7, 11) is -2.95. The number of nitrogens with zero attached hydrogens (tertiary/aromatic N) is 6. The van der Waals surface area contributed by atoms with Crippen LogP contribution in [0.3, 0.4) is 0 Å². The summed E-state index contributed by atoms with van der Waals surface area (Å²) in [4.78, 5) is 23.5. The molecule has 2 aromatic heterocycles. The number of hydrogen-bond acceptors (Lipinski definition) is 7.